The van der Waals surface area contributed by atoms with E-state index in [0.717, 1.165) is 6.39 Å². The Bertz CT molecular complexity index is 543. The minimum atomic E-state index is -2.21. The van der Waals surface area contributed by atoms with Crippen molar-refractivity contribution < 1.29 is 26.5 Å². The molecule has 0 bridgehead atoms. The van der Waals surface area contributed by atoms with Crippen LogP contribution < -0.4 is 5.32 Å². The number of nitrogens with zero attached hydrogens (tertiary/aromatic N) is 2. The first-order valence-corrected chi connectivity index (χ1v) is 4.53. The molecule has 0 spiro atoms. The average molecular weight is 265 g/mol. The third kappa shape index (κ3) is 1.98. The summed E-state index contributed by atoms with van der Waals surface area (Å²) < 4.78 is 69.1. The number of aromatic nitrogens is 2. The molecule has 0 atom stereocenters. The van der Waals surface area contributed by atoms with Gasteiger partial charge >= 0.3 is 0 Å². The van der Waals surface area contributed by atoms with Gasteiger partial charge in [-0.05, 0) is 0 Å². The second-order valence-electron chi connectivity index (χ2n) is 3.15. The summed E-state index contributed by atoms with van der Waals surface area (Å²) in [6, 6.07) is 0. The van der Waals surface area contributed by atoms with E-state index in [9.17, 15) is 22.0 Å². The van der Waals surface area contributed by atoms with Crippen molar-refractivity contribution in [1.29, 1.82) is 0 Å². The Morgan fingerprint density at radius 2 is 1.50 bits per heavy atom. The van der Waals surface area contributed by atoms with Crippen LogP contribution in [0.3, 0.4) is 0 Å². The molecule has 9 heteroatoms. The van der Waals surface area contributed by atoms with Gasteiger partial charge in [0.05, 0.1) is 6.54 Å². The van der Waals surface area contributed by atoms with Gasteiger partial charge in [-0.3, -0.25) is 0 Å². The molecule has 0 fully saturated rings. The van der Waals surface area contributed by atoms with Crippen LogP contribution in [0.15, 0.2) is 10.9 Å². The Balaban J connectivity index is 2.33. The molecule has 1 aromatic heterocycles. The summed E-state index contributed by atoms with van der Waals surface area (Å²) >= 11 is 0. The molecule has 0 saturated carbocycles. The Labute approximate surface area is 96.4 Å². The van der Waals surface area contributed by atoms with E-state index in [1.807, 2.05) is 5.32 Å². The summed E-state index contributed by atoms with van der Waals surface area (Å²) in [7, 11) is 0. The highest BCUT2D eigenvalue weighted by Gasteiger charge is 2.25. The van der Waals surface area contributed by atoms with Crippen LogP contribution in [0.2, 0.25) is 0 Å². The number of nitrogens with one attached hydrogen (secondary N) is 1. The van der Waals surface area contributed by atoms with Crippen LogP contribution in [0, 0.1) is 29.1 Å². The minimum Gasteiger partial charge on any atom is -0.373 e. The topological polar surface area (TPSA) is 51.0 Å². The molecule has 18 heavy (non-hydrogen) atoms. The zero-order valence-electron chi connectivity index (χ0n) is 8.48. The summed E-state index contributed by atoms with van der Waals surface area (Å²) in [6.45, 7) is -0.352. The minimum absolute atomic E-state index is 0.000980. The predicted octanol–water partition coefficient (Wildman–Crippen LogP) is 2.38. The van der Waals surface area contributed by atoms with E-state index < -0.39 is 34.8 Å². The Morgan fingerprint density at radius 3 is 2.00 bits per heavy atom. The van der Waals surface area contributed by atoms with Crippen molar-refractivity contribution in [3.8, 4) is 0 Å². The third-order valence-electron chi connectivity index (χ3n) is 2.04. The Kier molecular flexibility index (Phi) is 3.13. The van der Waals surface area contributed by atoms with Crippen LogP contribution in [0.1, 0.15) is 5.82 Å². The summed E-state index contributed by atoms with van der Waals surface area (Å²) in [4.78, 5) is 3.51. The molecule has 1 heterocycles. The second-order valence-corrected chi connectivity index (χ2v) is 3.15. The highest BCUT2D eigenvalue weighted by atomic mass is 19.2. The smallest absolute Gasteiger partial charge is 0.213 e. The van der Waals surface area contributed by atoms with Crippen LogP contribution in [-0.2, 0) is 6.54 Å². The van der Waals surface area contributed by atoms with Gasteiger partial charge in [0.25, 0.3) is 0 Å². The molecule has 0 radical (unpaired) electrons. The van der Waals surface area contributed by atoms with Crippen molar-refractivity contribution in [2.75, 3.05) is 5.32 Å². The van der Waals surface area contributed by atoms with Gasteiger partial charge in [0.1, 0.15) is 5.69 Å². The molecule has 2 rings (SSSR count). The lowest BCUT2D eigenvalue weighted by atomic mass is 10.2. The Morgan fingerprint density at radius 1 is 0.944 bits per heavy atom. The third-order valence-corrected chi connectivity index (χ3v) is 2.04. The fourth-order valence-corrected chi connectivity index (χ4v) is 1.20. The fourth-order valence-electron chi connectivity index (χ4n) is 1.20. The number of rotatable bonds is 3. The molecular formula is C9H4F5N3O. The first kappa shape index (κ1) is 12.3. The van der Waals surface area contributed by atoms with Crippen LogP contribution in [0.5, 0.6) is 0 Å². The van der Waals surface area contributed by atoms with Crippen molar-refractivity contribution in [3.05, 3.63) is 41.3 Å². The molecular weight excluding hydrogens is 261 g/mol. The second kappa shape index (κ2) is 4.59. The van der Waals surface area contributed by atoms with E-state index in [1.165, 1.54) is 0 Å². The molecule has 0 aliphatic heterocycles. The van der Waals surface area contributed by atoms with Crippen molar-refractivity contribution >= 4 is 5.69 Å². The van der Waals surface area contributed by atoms with Crippen LogP contribution in [-0.4, -0.2) is 10.1 Å². The first-order valence-electron chi connectivity index (χ1n) is 4.53. The molecule has 0 unspecified atom stereocenters. The van der Waals surface area contributed by atoms with Gasteiger partial charge in [0, 0.05) is 0 Å². The lowest BCUT2D eigenvalue weighted by Crippen LogP contribution is -2.10. The SMILES string of the molecule is Fc1c(F)c(F)c(NCc2ncon2)c(F)c1F. The van der Waals surface area contributed by atoms with Crippen molar-refractivity contribution in [2.45, 2.75) is 6.54 Å². The van der Waals surface area contributed by atoms with Gasteiger partial charge in [-0.2, -0.15) is 4.98 Å². The van der Waals surface area contributed by atoms with Gasteiger partial charge in [-0.25, -0.2) is 22.0 Å². The molecule has 1 N–H and O–H groups in total. The number of halogens is 5. The monoisotopic (exact) mass is 265 g/mol. The number of hydrogen-bond donors (Lipinski definition) is 1. The molecule has 0 aliphatic carbocycles. The van der Waals surface area contributed by atoms with Crippen LogP contribution in [0.25, 0.3) is 0 Å². The molecule has 0 saturated heterocycles. The van der Waals surface area contributed by atoms with Gasteiger partial charge in [-0.1, -0.05) is 5.16 Å². The number of benzene rings is 1. The number of anilines is 1. The van der Waals surface area contributed by atoms with Crippen LogP contribution >= 0.6 is 0 Å². The molecule has 96 valence electrons. The standard InChI is InChI=1S/C9H4F5N3O/c10-4-5(11)7(13)9(8(14)6(4)12)15-1-3-16-2-18-17-3/h2,15H,1H2. The summed E-state index contributed by atoms with van der Waals surface area (Å²) in [5.74, 6) is -10.2. The molecule has 0 amide bonds. The normalized spacial score (nSPS) is 10.7. The van der Waals surface area contributed by atoms with Crippen molar-refractivity contribution in [3.63, 3.8) is 0 Å². The lowest BCUT2D eigenvalue weighted by molar-refractivity contribution is 0.381. The highest BCUT2D eigenvalue weighted by molar-refractivity contribution is 5.47. The summed E-state index contributed by atoms with van der Waals surface area (Å²) in [6.07, 6.45) is 0.954. The Hall–Kier alpha value is -2.19. The largest absolute Gasteiger partial charge is 0.373 e. The van der Waals surface area contributed by atoms with E-state index in [1.54, 1.807) is 0 Å². The molecule has 0 aliphatic rings. The molecule has 4 nitrogen and oxygen atoms in total. The van der Waals surface area contributed by atoms with E-state index in [0.29, 0.717) is 0 Å². The summed E-state index contributed by atoms with van der Waals surface area (Å²) in [5, 5.41) is 5.31. The van der Waals surface area contributed by atoms with Gasteiger partial charge in [0.15, 0.2) is 29.1 Å². The van der Waals surface area contributed by atoms with E-state index in [-0.39, 0.29) is 12.4 Å². The molecule has 2 aromatic rings. The number of hydrogen-bond acceptors (Lipinski definition) is 4. The highest BCUT2D eigenvalue weighted by Crippen LogP contribution is 2.27. The maximum absolute atomic E-state index is 13.2. The van der Waals surface area contributed by atoms with Gasteiger partial charge in [-0.15, -0.1) is 0 Å². The summed E-state index contributed by atoms with van der Waals surface area (Å²) in [5.41, 5.74) is -1.14. The maximum Gasteiger partial charge on any atom is 0.213 e. The van der Waals surface area contributed by atoms with Gasteiger partial charge in [0.2, 0.25) is 12.2 Å². The zero-order chi connectivity index (χ0) is 13.3. The lowest BCUT2D eigenvalue weighted by Gasteiger charge is -2.08. The fraction of sp³-hybridized carbons (Fsp3) is 0.111. The van der Waals surface area contributed by atoms with Crippen LogP contribution in [0.4, 0.5) is 27.6 Å². The maximum atomic E-state index is 13.2. The van der Waals surface area contributed by atoms with E-state index >= 15 is 0 Å². The van der Waals surface area contributed by atoms with E-state index in [4.69, 9.17) is 0 Å². The quantitative estimate of drug-likeness (QED) is 0.526. The average Bonchev–Trinajstić information content (AvgIpc) is 2.87. The van der Waals surface area contributed by atoms with Crippen molar-refractivity contribution in [2.24, 2.45) is 0 Å². The predicted molar refractivity (Wildman–Crippen MR) is 47.9 cm³/mol. The molecule has 1 aromatic carbocycles. The van der Waals surface area contributed by atoms with Crippen molar-refractivity contribution in [1.82, 2.24) is 10.1 Å². The zero-order valence-corrected chi connectivity index (χ0v) is 8.48. The van der Waals surface area contributed by atoms with E-state index in [2.05, 4.69) is 14.7 Å². The van der Waals surface area contributed by atoms with Gasteiger partial charge < -0.3 is 9.84 Å². The first-order chi connectivity index (χ1) is 8.52.